The van der Waals surface area contributed by atoms with Crippen molar-refractivity contribution < 1.29 is 9.47 Å². The number of nitrogens with zero attached hydrogens (tertiary/aromatic N) is 1. The van der Waals surface area contributed by atoms with Crippen LogP contribution in [0.4, 0.5) is 0 Å². The van der Waals surface area contributed by atoms with Crippen LogP contribution in [0.15, 0.2) is 30.3 Å². The normalized spacial score (nSPS) is 20.6. The molecule has 0 saturated carbocycles. The second kappa shape index (κ2) is 8.31. The van der Waals surface area contributed by atoms with E-state index in [0.29, 0.717) is 6.10 Å². The lowest BCUT2D eigenvalue weighted by atomic mass is 10.2. The van der Waals surface area contributed by atoms with Gasteiger partial charge in [-0.3, -0.25) is 4.90 Å². The van der Waals surface area contributed by atoms with Crippen molar-refractivity contribution in [1.29, 1.82) is 0 Å². The molecule has 19 heavy (non-hydrogen) atoms. The Hall–Kier alpha value is -0.900. The Kier molecular flexibility index (Phi) is 6.34. The Bertz CT molecular complexity index is 342. The molecule has 0 N–H and O–H groups in total. The molecule has 1 heterocycles. The summed E-state index contributed by atoms with van der Waals surface area (Å²) >= 11 is 0. The number of hydrogen-bond acceptors (Lipinski definition) is 3. The lowest BCUT2D eigenvalue weighted by Gasteiger charge is -2.30. The molecule has 2 rings (SSSR count). The summed E-state index contributed by atoms with van der Waals surface area (Å²) in [5, 5.41) is 0. The van der Waals surface area contributed by atoms with E-state index in [-0.39, 0.29) is 0 Å². The lowest BCUT2D eigenvalue weighted by Crippen LogP contribution is -2.41. The van der Waals surface area contributed by atoms with Gasteiger partial charge in [0.05, 0.1) is 19.3 Å². The maximum Gasteiger partial charge on any atom is 0.0674 e. The first kappa shape index (κ1) is 14.5. The highest BCUT2D eigenvalue weighted by Crippen LogP contribution is 2.05. The van der Waals surface area contributed by atoms with Gasteiger partial charge in [0.25, 0.3) is 0 Å². The molecule has 0 radical (unpaired) electrons. The molecule has 0 bridgehead atoms. The Morgan fingerprint density at radius 3 is 2.89 bits per heavy atom. The molecule has 1 aromatic carbocycles. The molecule has 0 amide bonds. The molecule has 1 aromatic rings. The van der Waals surface area contributed by atoms with Crippen LogP contribution in [-0.2, 0) is 15.9 Å². The fourth-order valence-electron chi connectivity index (χ4n) is 2.42. The fraction of sp³-hybridized carbons (Fsp3) is 0.625. The van der Waals surface area contributed by atoms with E-state index in [1.54, 1.807) is 0 Å². The van der Waals surface area contributed by atoms with E-state index in [0.717, 1.165) is 52.3 Å². The molecule has 0 unspecified atom stereocenters. The van der Waals surface area contributed by atoms with Gasteiger partial charge >= 0.3 is 0 Å². The summed E-state index contributed by atoms with van der Waals surface area (Å²) in [7, 11) is 0. The van der Waals surface area contributed by atoms with Crippen molar-refractivity contribution in [1.82, 2.24) is 4.90 Å². The van der Waals surface area contributed by atoms with Crippen LogP contribution in [0.1, 0.15) is 18.9 Å². The summed E-state index contributed by atoms with van der Waals surface area (Å²) in [5.41, 5.74) is 1.35. The van der Waals surface area contributed by atoms with Gasteiger partial charge in [0.2, 0.25) is 0 Å². The summed E-state index contributed by atoms with van der Waals surface area (Å²) in [6, 6.07) is 10.5. The fourth-order valence-corrected chi connectivity index (χ4v) is 2.42. The van der Waals surface area contributed by atoms with E-state index in [1.165, 1.54) is 5.56 Å². The second-order valence-electron chi connectivity index (χ2n) is 5.18. The van der Waals surface area contributed by atoms with Crippen LogP contribution in [0.25, 0.3) is 0 Å². The summed E-state index contributed by atoms with van der Waals surface area (Å²) < 4.78 is 11.2. The summed E-state index contributed by atoms with van der Waals surface area (Å²) in [6.45, 7) is 7.94. The molecule has 1 atom stereocenters. The molecule has 1 aliphatic rings. The van der Waals surface area contributed by atoms with Gasteiger partial charge in [0.15, 0.2) is 0 Å². The average molecular weight is 263 g/mol. The molecule has 1 aliphatic heterocycles. The number of rotatable bonds is 7. The molecule has 3 heteroatoms. The van der Waals surface area contributed by atoms with Crippen molar-refractivity contribution >= 4 is 0 Å². The van der Waals surface area contributed by atoms with Gasteiger partial charge in [0.1, 0.15) is 0 Å². The number of ether oxygens (including phenoxy) is 2. The van der Waals surface area contributed by atoms with Gasteiger partial charge in [-0.25, -0.2) is 0 Å². The first-order valence-corrected chi connectivity index (χ1v) is 7.30. The molecule has 0 spiro atoms. The topological polar surface area (TPSA) is 21.7 Å². The zero-order valence-corrected chi connectivity index (χ0v) is 11.9. The van der Waals surface area contributed by atoms with Crippen molar-refractivity contribution in [2.24, 2.45) is 0 Å². The van der Waals surface area contributed by atoms with Gasteiger partial charge < -0.3 is 9.47 Å². The molecule has 0 aromatic heterocycles. The summed E-state index contributed by atoms with van der Waals surface area (Å²) in [6.07, 6.45) is 2.50. The highest BCUT2D eigenvalue weighted by atomic mass is 16.5. The molecule has 3 nitrogen and oxygen atoms in total. The molecule has 0 aliphatic carbocycles. The average Bonchev–Trinajstić information content (AvgIpc) is 2.44. The Morgan fingerprint density at radius 1 is 1.26 bits per heavy atom. The first-order chi connectivity index (χ1) is 9.34. The minimum absolute atomic E-state index is 0.382. The van der Waals surface area contributed by atoms with E-state index in [4.69, 9.17) is 9.47 Å². The van der Waals surface area contributed by atoms with Crippen LogP contribution < -0.4 is 0 Å². The summed E-state index contributed by atoms with van der Waals surface area (Å²) in [4.78, 5) is 2.47. The van der Waals surface area contributed by atoms with E-state index in [9.17, 15) is 0 Å². The third kappa shape index (κ3) is 5.72. The molecule has 1 fully saturated rings. The van der Waals surface area contributed by atoms with Gasteiger partial charge in [-0.15, -0.1) is 0 Å². The largest absolute Gasteiger partial charge is 0.381 e. The minimum atomic E-state index is 0.382. The van der Waals surface area contributed by atoms with E-state index < -0.39 is 0 Å². The monoisotopic (exact) mass is 263 g/mol. The zero-order chi connectivity index (χ0) is 13.3. The molecular formula is C16H25NO2. The van der Waals surface area contributed by atoms with E-state index in [2.05, 4.69) is 36.1 Å². The predicted octanol–water partition coefficient (Wildman–Crippen LogP) is 2.36. The van der Waals surface area contributed by atoms with Crippen LogP contribution in [0, 0.1) is 0 Å². The standard InChI is InChI=1S/C16H25NO2/c1-15-14-17(10-13-19-15)9-5-11-18-12-8-16-6-3-2-4-7-16/h2-4,6-7,15H,5,8-14H2,1H3/t15-/m1/s1. The third-order valence-corrected chi connectivity index (χ3v) is 3.47. The van der Waals surface area contributed by atoms with Crippen LogP contribution >= 0.6 is 0 Å². The molecule has 1 saturated heterocycles. The van der Waals surface area contributed by atoms with Crippen molar-refractivity contribution in [3.05, 3.63) is 35.9 Å². The molecular weight excluding hydrogens is 238 g/mol. The third-order valence-electron chi connectivity index (χ3n) is 3.47. The quantitative estimate of drug-likeness (QED) is 0.705. The number of benzene rings is 1. The van der Waals surface area contributed by atoms with Crippen LogP contribution in [-0.4, -0.2) is 50.5 Å². The van der Waals surface area contributed by atoms with Crippen LogP contribution in [0.3, 0.4) is 0 Å². The Labute approximate surface area is 116 Å². The Morgan fingerprint density at radius 2 is 2.11 bits per heavy atom. The smallest absolute Gasteiger partial charge is 0.0674 e. The van der Waals surface area contributed by atoms with Crippen molar-refractivity contribution in [3.8, 4) is 0 Å². The predicted molar refractivity (Wildman–Crippen MR) is 77.4 cm³/mol. The van der Waals surface area contributed by atoms with E-state index >= 15 is 0 Å². The lowest BCUT2D eigenvalue weighted by molar-refractivity contribution is -0.0207. The van der Waals surface area contributed by atoms with Gasteiger partial charge in [-0.2, -0.15) is 0 Å². The van der Waals surface area contributed by atoms with Gasteiger partial charge in [0, 0.05) is 26.2 Å². The SMILES string of the molecule is C[C@@H]1CN(CCCOCCc2ccccc2)CCO1. The van der Waals surface area contributed by atoms with Gasteiger partial charge in [-0.05, 0) is 25.3 Å². The maximum absolute atomic E-state index is 5.70. The zero-order valence-electron chi connectivity index (χ0n) is 11.9. The summed E-state index contributed by atoms with van der Waals surface area (Å²) in [5.74, 6) is 0. The Balaban J connectivity index is 1.48. The highest BCUT2D eigenvalue weighted by molar-refractivity contribution is 5.14. The van der Waals surface area contributed by atoms with Crippen LogP contribution in [0.5, 0.6) is 0 Å². The first-order valence-electron chi connectivity index (χ1n) is 7.30. The van der Waals surface area contributed by atoms with Gasteiger partial charge in [-0.1, -0.05) is 30.3 Å². The van der Waals surface area contributed by atoms with Crippen LogP contribution in [0.2, 0.25) is 0 Å². The molecule has 106 valence electrons. The highest BCUT2D eigenvalue weighted by Gasteiger charge is 2.15. The van der Waals surface area contributed by atoms with E-state index in [1.807, 2.05) is 6.07 Å². The minimum Gasteiger partial charge on any atom is -0.381 e. The van der Waals surface area contributed by atoms with Crippen molar-refractivity contribution in [2.45, 2.75) is 25.9 Å². The number of morpholine rings is 1. The van der Waals surface area contributed by atoms with Crippen molar-refractivity contribution in [3.63, 3.8) is 0 Å². The maximum atomic E-state index is 5.70. The number of hydrogen-bond donors (Lipinski definition) is 0. The van der Waals surface area contributed by atoms with Crippen molar-refractivity contribution in [2.75, 3.05) is 39.5 Å². The second-order valence-corrected chi connectivity index (χ2v) is 5.18.